The number of imidazole rings is 1. The van der Waals surface area contributed by atoms with Crippen LogP contribution in [0.4, 0.5) is 13.2 Å². The van der Waals surface area contributed by atoms with E-state index in [2.05, 4.69) is 19.7 Å². The molecule has 0 saturated heterocycles. The van der Waals surface area contributed by atoms with E-state index in [1.807, 2.05) is 30.3 Å². The smallest absolute Gasteiger partial charge is 0.406 e. The van der Waals surface area contributed by atoms with E-state index in [-0.39, 0.29) is 5.75 Å². The second-order valence-corrected chi connectivity index (χ2v) is 7.13. The summed E-state index contributed by atoms with van der Waals surface area (Å²) in [6, 6.07) is 15.9. The van der Waals surface area contributed by atoms with Crippen LogP contribution in [0, 0.1) is 0 Å². The number of fused-ring (bicyclic) bond motifs is 1. The Labute approximate surface area is 168 Å². The largest absolute Gasteiger partial charge is 0.573 e. The molecule has 148 valence electrons. The summed E-state index contributed by atoms with van der Waals surface area (Å²) in [4.78, 5) is 13.1. The lowest BCUT2D eigenvalue weighted by Crippen LogP contribution is -2.17. The molecule has 29 heavy (non-hydrogen) atoms. The minimum absolute atomic E-state index is 0.237. The molecule has 0 spiro atoms. The Morgan fingerprint density at radius 3 is 2.52 bits per heavy atom. The maximum atomic E-state index is 12.4. The molecular weight excluding hydrogens is 401 g/mol. The van der Waals surface area contributed by atoms with Gasteiger partial charge >= 0.3 is 6.36 Å². The van der Waals surface area contributed by atoms with E-state index >= 15 is 0 Å². The lowest BCUT2D eigenvalue weighted by molar-refractivity contribution is -0.274. The highest BCUT2D eigenvalue weighted by Gasteiger charge is 2.31. The third-order valence-corrected chi connectivity index (χ3v) is 5.10. The molecule has 4 aromatic rings. The lowest BCUT2D eigenvalue weighted by Gasteiger charge is -2.10. The minimum atomic E-state index is -4.71. The van der Waals surface area contributed by atoms with E-state index in [9.17, 15) is 13.2 Å². The molecule has 0 radical (unpaired) electrons. The highest BCUT2D eigenvalue weighted by molar-refractivity contribution is 7.97. The van der Waals surface area contributed by atoms with Crippen LogP contribution >= 0.6 is 11.9 Å². The molecule has 2 aromatic carbocycles. The van der Waals surface area contributed by atoms with Crippen molar-refractivity contribution < 1.29 is 17.9 Å². The van der Waals surface area contributed by atoms with Crippen molar-refractivity contribution in [2.24, 2.45) is 0 Å². The number of aromatic nitrogens is 4. The van der Waals surface area contributed by atoms with E-state index in [1.165, 1.54) is 36.5 Å². The zero-order chi connectivity index (χ0) is 20.3. The van der Waals surface area contributed by atoms with Crippen LogP contribution in [0.5, 0.6) is 5.75 Å². The molecule has 0 atom stereocenters. The van der Waals surface area contributed by atoms with Gasteiger partial charge in [-0.25, -0.2) is 15.0 Å². The fourth-order valence-corrected chi connectivity index (χ4v) is 3.69. The van der Waals surface area contributed by atoms with Gasteiger partial charge in [-0.3, -0.25) is 3.97 Å². The Morgan fingerprint density at radius 2 is 1.72 bits per heavy atom. The topological polar surface area (TPSA) is 52.8 Å². The Morgan fingerprint density at radius 1 is 0.931 bits per heavy atom. The predicted octanol–water partition coefficient (Wildman–Crippen LogP) is 5.01. The van der Waals surface area contributed by atoms with Crippen LogP contribution in [-0.2, 0) is 12.2 Å². The molecule has 0 aliphatic heterocycles. The van der Waals surface area contributed by atoms with Gasteiger partial charge in [0.2, 0.25) is 0 Å². The molecule has 0 unspecified atom stereocenters. The molecule has 4 rings (SSSR count). The fraction of sp³-hybridized carbons (Fsp3) is 0.150. The number of hydrogen-bond acceptors (Lipinski definition) is 5. The molecular formula is C20H15F3N4OS. The summed E-state index contributed by atoms with van der Waals surface area (Å²) >= 11 is 1.38. The van der Waals surface area contributed by atoms with Gasteiger partial charge in [-0.2, -0.15) is 0 Å². The summed E-state index contributed by atoms with van der Waals surface area (Å²) in [6.07, 6.45) is -0.928. The van der Waals surface area contributed by atoms with Crippen molar-refractivity contribution in [1.82, 2.24) is 18.9 Å². The summed E-state index contributed by atoms with van der Waals surface area (Å²) in [5, 5.41) is 0. The Kier molecular flexibility index (Phi) is 5.39. The number of benzene rings is 2. The summed E-state index contributed by atoms with van der Waals surface area (Å²) in [5.41, 5.74) is 4.01. The molecule has 2 heterocycles. The number of hydrogen-bond donors (Lipinski definition) is 0. The SMILES string of the molecule is FC(F)(F)Oc1cccc(CSn2cnc3c(Cc4ccccc4)ncnc32)c1. The van der Waals surface area contributed by atoms with Gasteiger partial charge in [0, 0.05) is 12.2 Å². The third-order valence-electron chi connectivity index (χ3n) is 4.10. The monoisotopic (exact) mass is 416 g/mol. The standard InChI is InChI=1S/C20H15F3N4OS/c21-20(22,23)28-16-8-4-7-15(9-16)11-29-27-13-26-18-17(24-12-25-19(18)27)10-14-5-2-1-3-6-14/h1-9,12-13H,10-11H2. The first-order valence-electron chi connectivity index (χ1n) is 8.67. The first-order chi connectivity index (χ1) is 14.0. The van der Waals surface area contributed by atoms with E-state index in [0.29, 0.717) is 28.9 Å². The highest BCUT2D eigenvalue weighted by atomic mass is 32.2. The van der Waals surface area contributed by atoms with E-state index in [0.717, 1.165) is 11.3 Å². The van der Waals surface area contributed by atoms with Gasteiger partial charge in [-0.1, -0.05) is 42.5 Å². The number of alkyl halides is 3. The Balaban J connectivity index is 1.51. The third kappa shape index (κ3) is 4.86. The van der Waals surface area contributed by atoms with Crippen molar-refractivity contribution in [1.29, 1.82) is 0 Å². The van der Waals surface area contributed by atoms with Crippen molar-refractivity contribution >= 4 is 23.1 Å². The van der Waals surface area contributed by atoms with Crippen molar-refractivity contribution in [2.45, 2.75) is 18.5 Å². The Hall–Kier alpha value is -3.07. The summed E-state index contributed by atoms with van der Waals surface area (Å²) in [7, 11) is 0. The maximum Gasteiger partial charge on any atom is 0.573 e. The van der Waals surface area contributed by atoms with Crippen LogP contribution < -0.4 is 4.74 Å². The summed E-state index contributed by atoms with van der Waals surface area (Å²) in [6.45, 7) is 0. The Bertz CT molecular complexity index is 1120. The van der Waals surface area contributed by atoms with E-state index in [1.54, 1.807) is 16.4 Å². The molecule has 5 nitrogen and oxygen atoms in total. The fourth-order valence-electron chi connectivity index (χ4n) is 2.85. The second-order valence-electron chi connectivity index (χ2n) is 6.19. The molecule has 0 aliphatic carbocycles. The minimum Gasteiger partial charge on any atom is -0.406 e. The van der Waals surface area contributed by atoms with Crippen molar-refractivity contribution in [2.75, 3.05) is 0 Å². The van der Waals surface area contributed by atoms with Gasteiger partial charge in [0.1, 0.15) is 23.9 Å². The molecule has 2 aromatic heterocycles. The predicted molar refractivity (Wildman–Crippen MR) is 104 cm³/mol. The molecule has 0 fully saturated rings. The molecule has 0 N–H and O–H groups in total. The van der Waals surface area contributed by atoms with Crippen molar-refractivity contribution in [3.05, 3.63) is 84.1 Å². The number of ether oxygens (including phenoxy) is 1. The van der Waals surface area contributed by atoms with Crippen LogP contribution in [0.25, 0.3) is 11.2 Å². The molecule has 0 saturated carbocycles. The lowest BCUT2D eigenvalue weighted by atomic mass is 10.1. The van der Waals surface area contributed by atoms with Crippen molar-refractivity contribution in [3.63, 3.8) is 0 Å². The van der Waals surface area contributed by atoms with Gasteiger partial charge in [0.25, 0.3) is 0 Å². The maximum absolute atomic E-state index is 12.4. The quantitative estimate of drug-likeness (QED) is 0.442. The zero-order valence-corrected chi connectivity index (χ0v) is 15.8. The first-order valence-corrected chi connectivity index (χ1v) is 9.61. The van der Waals surface area contributed by atoms with E-state index in [4.69, 9.17) is 0 Å². The zero-order valence-electron chi connectivity index (χ0n) is 15.0. The van der Waals surface area contributed by atoms with Crippen LogP contribution in [0.1, 0.15) is 16.8 Å². The van der Waals surface area contributed by atoms with Crippen LogP contribution in [0.3, 0.4) is 0 Å². The molecule has 0 bridgehead atoms. The van der Waals surface area contributed by atoms with E-state index < -0.39 is 6.36 Å². The van der Waals surface area contributed by atoms with Gasteiger partial charge in [0.05, 0.1) is 5.69 Å². The summed E-state index contributed by atoms with van der Waals surface area (Å²) in [5.74, 6) is 0.192. The molecule has 0 aliphatic rings. The average molecular weight is 416 g/mol. The number of halogens is 3. The van der Waals surface area contributed by atoms with Crippen molar-refractivity contribution in [3.8, 4) is 5.75 Å². The average Bonchev–Trinajstić information content (AvgIpc) is 3.10. The van der Waals surface area contributed by atoms with Gasteiger partial charge in [-0.05, 0) is 35.2 Å². The van der Waals surface area contributed by atoms with Crippen LogP contribution in [0.15, 0.2) is 67.3 Å². The second kappa shape index (κ2) is 8.12. The van der Waals surface area contributed by atoms with Gasteiger partial charge < -0.3 is 4.74 Å². The van der Waals surface area contributed by atoms with Crippen LogP contribution in [0.2, 0.25) is 0 Å². The molecule has 9 heteroatoms. The highest BCUT2D eigenvalue weighted by Crippen LogP contribution is 2.26. The van der Waals surface area contributed by atoms with Gasteiger partial charge in [-0.15, -0.1) is 13.2 Å². The number of nitrogens with zero attached hydrogens (tertiary/aromatic N) is 4. The first kappa shape index (κ1) is 19.3. The van der Waals surface area contributed by atoms with Crippen LogP contribution in [-0.4, -0.2) is 25.3 Å². The molecule has 0 amide bonds. The van der Waals surface area contributed by atoms with Gasteiger partial charge in [0.15, 0.2) is 5.65 Å². The number of rotatable bonds is 6. The summed E-state index contributed by atoms with van der Waals surface area (Å²) < 4.78 is 43.0. The normalized spacial score (nSPS) is 11.7.